The van der Waals surface area contributed by atoms with Gasteiger partial charge in [0.2, 0.25) is 0 Å². The molecule has 0 radical (unpaired) electrons. The molecule has 26 heavy (non-hydrogen) atoms. The Morgan fingerprint density at radius 2 is 1.96 bits per heavy atom. The third kappa shape index (κ3) is 2.55. The van der Waals surface area contributed by atoms with E-state index in [2.05, 4.69) is 11.4 Å². The van der Waals surface area contributed by atoms with Crippen molar-refractivity contribution in [1.82, 2.24) is 10.2 Å². The predicted octanol–water partition coefficient (Wildman–Crippen LogP) is 3.23. The fourth-order valence-electron chi connectivity index (χ4n) is 4.04. The van der Waals surface area contributed by atoms with Gasteiger partial charge in [0.15, 0.2) is 0 Å². The van der Waals surface area contributed by atoms with Crippen LogP contribution in [0.5, 0.6) is 0 Å². The SMILES string of the molecule is N#Cc1cccc(CN2C(=O)NC3(CCCCc4ccccc43)C2=O)c1. The lowest BCUT2D eigenvalue weighted by Crippen LogP contribution is -2.44. The molecule has 1 aliphatic carbocycles. The number of nitrogens with zero attached hydrogens (tertiary/aromatic N) is 2. The average molecular weight is 345 g/mol. The number of aryl methyl sites for hydroxylation is 1. The second kappa shape index (κ2) is 6.30. The minimum Gasteiger partial charge on any atom is -0.319 e. The number of rotatable bonds is 2. The highest BCUT2D eigenvalue weighted by Gasteiger charge is 2.53. The van der Waals surface area contributed by atoms with Crippen molar-refractivity contribution in [3.05, 3.63) is 70.8 Å². The second-order valence-corrected chi connectivity index (χ2v) is 6.90. The van der Waals surface area contributed by atoms with E-state index in [1.807, 2.05) is 30.3 Å². The molecule has 1 unspecified atom stereocenters. The number of nitrogens with one attached hydrogen (secondary N) is 1. The number of hydrogen-bond acceptors (Lipinski definition) is 3. The highest BCUT2D eigenvalue weighted by Crippen LogP contribution is 2.39. The van der Waals surface area contributed by atoms with Gasteiger partial charge in [-0.25, -0.2) is 4.79 Å². The van der Waals surface area contributed by atoms with Gasteiger partial charge >= 0.3 is 6.03 Å². The summed E-state index contributed by atoms with van der Waals surface area (Å²) in [4.78, 5) is 27.3. The molecule has 1 atom stereocenters. The third-order valence-corrected chi connectivity index (χ3v) is 5.30. The monoisotopic (exact) mass is 345 g/mol. The number of nitriles is 1. The van der Waals surface area contributed by atoms with E-state index >= 15 is 0 Å². The molecule has 1 aliphatic heterocycles. The van der Waals surface area contributed by atoms with Crippen LogP contribution in [0.2, 0.25) is 0 Å². The lowest BCUT2D eigenvalue weighted by molar-refractivity contribution is -0.132. The Bertz CT molecular complexity index is 931. The van der Waals surface area contributed by atoms with E-state index in [-0.39, 0.29) is 18.5 Å². The molecule has 1 saturated heterocycles. The maximum atomic E-state index is 13.3. The van der Waals surface area contributed by atoms with Gasteiger partial charge in [-0.1, -0.05) is 36.4 Å². The Kier molecular flexibility index (Phi) is 3.96. The molecule has 0 aromatic heterocycles. The zero-order chi connectivity index (χ0) is 18.1. The van der Waals surface area contributed by atoms with Crippen molar-refractivity contribution in [1.29, 1.82) is 5.26 Å². The number of urea groups is 1. The van der Waals surface area contributed by atoms with Crippen LogP contribution in [-0.4, -0.2) is 16.8 Å². The summed E-state index contributed by atoms with van der Waals surface area (Å²) >= 11 is 0. The van der Waals surface area contributed by atoms with Crippen molar-refractivity contribution in [2.75, 3.05) is 0 Å². The number of imide groups is 1. The van der Waals surface area contributed by atoms with E-state index in [0.29, 0.717) is 12.0 Å². The van der Waals surface area contributed by atoms with Crippen molar-refractivity contribution in [2.24, 2.45) is 0 Å². The first-order valence-electron chi connectivity index (χ1n) is 8.85. The van der Waals surface area contributed by atoms with Crippen LogP contribution in [0.1, 0.15) is 41.5 Å². The smallest absolute Gasteiger partial charge is 0.319 e. The van der Waals surface area contributed by atoms with Gasteiger partial charge in [0.05, 0.1) is 18.2 Å². The topological polar surface area (TPSA) is 73.2 Å². The molecule has 3 amide bonds. The number of carbonyl (C=O) groups excluding carboxylic acids is 2. The van der Waals surface area contributed by atoms with E-state index in [1.165, 1.54) is 4.90 Å². The fourth-order valence-corrected chi connectivity index (χ4v) is 4.04. The van der Waals surface area contributed by atoms with Crippen LogP contribution in [0, 0.1) is 11.3 Å². The first kappa shape index (κ1) is 16.3. The van der Waals surface area contributed by atoms with Gasteiger partial charge in [-0.2, -0.15) is 5.26 Å². The van der Waals surface area contributed by atoms with Crippen molar-refractivity contribution in [3.63, 3.8) is 0 Å². The number of benzene rings is 2. The number of amides is 3. The summed E-state index contributed by atoms with van der Waals surface area (Å²) in [6.07, 6.45) is 3.43. The van der Waals surface area contributed by atoms with Gasteiger partial charge in [0.25, 0.3) is 5.91 Å². The van der Waals surface area contributed by atoms with E-state index < -0.39 is 5.54 Å². The first-order valence-corrected chi connectivity index (χ1v) is 8.85. The van der Waals surface area contributed by atoms with Gasteiger partial charge in [-0.15, -0.1) is 0 Å². The average Bonchev–Trinajstić information content (AvgIpc) is 2.81. The van der Waals surface area contributed by atoms with Crippen LogP contribution in [0.3, 0.4) is 0 Å². The summed E-state index contributed by atoms with van der Waals surface area (Å²) in [7, 11) is 0. The molecular formula is C21H19N3O2. The molecule has 1 spiro atoms. The molecule has 1 fully saturated rings. The minimum absolute atomic E-state index is 0.171. The summed E-state index contributed by atoms with van der Waals surface area (Å²) in [6, 6.07) is 16.6. The molecule has 0 bridgehead atoms. The van der Waals surface area contributed by atoms with Gasteiger partial charge < -0.3 is 5.32 Å². The number of carbonyl (C=O) groups is 2. The van der Waals surface area contributed by atoms with E-state index in [9.17, 15) is 9.59 Å². The van der Waals surface area contributed by atoms with Gasteiger partial charge in [0, 0.05) is 0 Å². The summed E-state index contributed by atoms with van der Waals surface area (Å²) in [5.41, 5.74) is 2.38. The van der Waals surface area contributed by atoms with Gasteiger partial charge in [-0.3, -0.25) is 9.69 Å². The normalized spacial score (nSPS) is 21.9. The van der Waals surface area contributed by atoms with Crippen LogP contribution >= 0.6 is 0 Å². The third-order valence-electron chi connectivity index (χ3n) is 5.30. The molecule has 1 heterocycles. The largest absolute Gasteiger partial charge is 0.325 e. The molecule has 5 heteroatoms. The van der Waals surface area contributed by atoms with Crippen LogP contribution in [0.4, 0.5) is 4.79 Å². The molecule has 130 valence electrons. The predicted molar refractivity (Wildman–Crippen MR) is 95.9 cm³/mol. The van der Waals surface area contributed by atoms with Crippen LogP contribution in [0.15, 0.2) is 48.5 Å². The number of fused-ring (bicyclic) bond motifs is 2. The van der Waals surface area contributed by atoms with Crippen molar-refractivity contribution in [3.8, 4) is 6.07 Å². The standard InChI is InChI=1S/C21H19N3O2/c22-13-15-6-5-7-16(12-15)14-24-19(25)21(23-20(24)26)11-4-3-9-17-8-1-2-10-18(17)21/h1-2,5-8,10,12H,3-4,9,11,14H2,(H,23,26). The first-order chi connectivity index (χ1) is 12.6. The minimum atomic E-state index is -0.961. The Hall–Kier alpha value is -3.13. The highest BCUT2D eigenvalue weighted by atomic mass is 16.2. The Morgan fingerprint density at radius 1 is 1.12 bits per heavy atom. The summed E-state index contributed by atoms with van der Waals surface area (Å²) < 4.78 is 0. The molecule has 2 aromatic carbocycles. The Balaban J connectivity index is 1.70. The van der Waals surface area contributed by atoms with Crippen LogP contribution in [0.25, 0.3) is 0 Å². The Labute approximate surface area is 152 Å². The lowest BCUT2D eigenvalue weighted by atomic mass is 9.84. The highest BCUT2D eigenvalue weighted by molar-refractivity contribution is 6.07. The Morgan fingerprint density at radius 3 is 2.81 bits per heavy atom. The summed E-state index contributed by atoms with van der Waals surface area (Å²) in [6.45, 7) is 0.171. The van der Waals surface area contributed by atoms with Crippen molar-refractivity contribution in [2.45, 2.75) is 37.8 Å². The van der Waals surface area contributed by atoms with Crippen LogP contribution < -0.4 is 5.32 Å². The number of hydrogen-bond donors (Lipinski definition) is 1. The zero-order valence-corrected chi connectivity index (χ0v) is 14.4. The van der Waals surface area contributed by atoms with Gasteiger partial charge in [-0.05, 0) is 54.5 Å². The molecule has 4 rings (SSSR count). The molecule has 2 aromatic rings. The van der Waals surface area contributed by atoms with E-state index in [4.69, 9.17) is 5.26 Å². The molecule has 0 saturated carbocycles. The lowest BCUT2D eigenvalue weighted by Gasteiger charge is -2.27. The second-order valence-electron chi connectivity index (χ2n) is 6.90. The quantitative estimate of drug-likeness (QED) is 0.849. The summed E-state index contributed by atoms with van der Waals surface area (Å²) in [5, 5.41) is 12.0. The maximum Gasteiger partial charge on any atom is 0.325 e. The molecular weight excluding hydrogens is 326 g/mol. The maximum absolute atomic E-state index is 13.3. The summed E-state index contributed by atoms with van der Waals surface area (Å²) in [5.74, 6) is -0.195. The van der Waals surface area contributed by atoms with Crippen LogP contribution in [-0.2, 0) is 23.3 Å². The van der Waals surface area contributed by atoms with E-state index in [1.54, 1.807) is 18.2 Å². The molecule has 5 nitrogen and oxygen atoms in total. The van der Waals surface area contributed by atoms with Crippen molar-refractivity contribution < 1.29 is 9.59 Å². The van der Waals surface area contributed by atoms with E-state index in [0.717, 1.165) is 36.0 Å². The fraction of sp³-hybridized carbons (Fsp3) is 0.286. The van der Waals surface area contributed by atoms with Crippen molar-refractivity contribution >= 4 is 11.9 Å². The molecule has 2 aliphatic rings. The zero-order valence-electron chi connectivity index (χ0n) is 14.4. The van der Waals surface area contributed by atoms with Gasteiger partial charge in [0.1, 0.15) is 5.54 Å². The molecule has 1 N–H and O–H groups in total.